The summed E-state index contributed by atoms with van der Waals surface area (Å²) in [5.74, 6) is -1.45. The number of rotatable bonds is 7. The van der Waals surface area contributed by atoms with Crippen molar-refractivity contribution in [1.82, 2.24) is 14.7 Å². The summed E-state index contributed by atoms with van der Waals surface area (Å²) in [7, 11) is 0. The van der Waals surface area contributed by atoms with Crippen molar-refractivity contribution in [3.05, 3.63) is 77.9 Å². The maximum Gasteiger partial charge on any atom is 0.310 e. The number of esters is 1. The quantitative estimate of drug-likeness (QED) is 0.395. The zero-order chi connectivity index (χ0) is 24.1. The van der Waals surface area contributed by atoms with Crippen LogP contribution in [-0.4, -0.2) is 65.1 Å². The molecule has 2 heterocycles. The second-order valence-corrected chi connectivity index (χ2v) is 8.06. The summed E-state index contributed by atoms with van der Waals surface area (Å²) in [4.78, 5) is 39.5. The van der Waals surface area contributed by atoms with Crippen LogP contribution < -0.4 is 4.90 Å². The fraction of sp³-hybridized carbons (Fsp3) is 0.280. The maximum atomic E-state index is 14.4. The molecule has 0 saturated carbocycles. The predicted octanol–water partition coefficient (Wildman–Crippen LogP) is 2.65. The van der Waals surface area contributed by atoms with Crippen molar-refractivity contribution in [3.8, 4) is 5.69 Å². The van der Waals surface area contributed by atoms with Crippen LogP contribution in [0.25, 0.3) is 5.69 Å². The standard InChI is InChI=1S/C25H25FN4O4/c1-18(31)20-7-8-23(22(26)14-20)28-9-11-29(12-10-28)24(32)17-34-25(33)13-19-15-27-30(16-19)21-5-3-2-4-6-21/h2-8,14-16H,9-13,17H2,1H3. The lowest BCUT2D eigenvalue weighted by molar-refractivity contribution is -0.151. The molecular formula is C25H25FN4O4. The van der Waals surface area contributed by atoms with E-state index in [2.05, 4.69) is 5.10 Å². The van der Waals surface area contributed by atoms with Gasteiger partial charge in [-0.25, -0.2) is 9.07 Å². The first-order chi connectivity index (χ1) is 16.4. The van der Waals surface area contributed by atoms with Crippen molar-refractivity contribution in [2.75, 3.05) is 37.7 Å². The monoisotopic (exact) mass is 464 g/mol. The summed E-state index contributed by atoms with van der Waals surface area (Å²) in [6.07, 6.45) is 3.36. The van der Waals surface area contributed by atoms with Crippen molar-refractivity contribution in [1.29, 1.82) is 0 Å². The Morgan fingerprint density at radius 3 is 2.44 bits per heavy atom. The van der Waals surface area contributed by atoms with Gasteiger partial charge >= 0.3 is 5.97 Å². The highest BCUT2D eigenvalue weighted by Crippen LogP contribution is 2.22. The Bertz CT molecular complexity index is 1190. The van der Waals surface area contributed by atoms with E-state index >= 15 is 0 Å². The largest absolute Gasteiger partial charge is 0.455 e. The molecule has 0 atom stereocenters. The molecule has 1 saturated heterocycles. The number of piperazine rings is 1. The smallest absolute Gasteiger partial charge is 0.310 e. The molecular weight excluding hydrogens is 439 g/mol. The molecule has 2 aromatic carbocycles. The van der Waals surface area contributed by atoms with Crippen molar-refractivity contribution < 1.29 is 23.5 Å². The second-order valence-electron chi connectivity index (χ2n) is 8.06. The number of hydrogen-bond donors (Lipinski definition) is 0. The molecule has 9 heteroatoms. The molecule has 1 aliphatic heterocycles. The number of ketones is 1. The van der Waals surface area contributed by atoms with Gasteiger partial charge in [0.05, 0.1) is 24.0 Å². The van der Waals surface area contributed by atoms with Crippen LogP contribution in [0.1, 0.15) is 22.8 Å². The Morgan fingerprint density at radius 2 is 1.76 bits per heavy atom. The molecule has 0 spiro atoms. The van der Waals surface area contributed by atoms with Crippen LogP contribution in [0, 0.1) is 5.82 Å². The summed E-state index contributed by atoms with van der Waals surface area (Å²) < 4.78 is 21.2. The summed E-state index contributed by atoms with van der Waals surface area (Å²) in [5.41, 5.74) is 2.29. The Balaban J connectivity index is 1.23. The topological polar surface area (TPSA) is 84.7 Å². The van der Waals surface area contributed by atoms with Crippen molar-refractivity contribution in [2.45, 2.75) is 13.3 Å². The van der Waals surface area contributed by atoms with E-state index in [0.717, 1.165) is 5.69 Å². The van der Waals surface area contributed by atoms with Gasteiger partial charge in [-0.1, -0.05) is 18.2 Å². The third-order valence-electron chi connectivity index (χ3n) is 5.69. The molecule has 1 aliphatic rings. The van der Waals surface area contributed by atoms with Crippen LogP contribution in [0.5, 0.6) is 0 Å². The lowest BCUT2D eigenvalue weighted by atomic mass is 10.1. The lowest BCUT2D eigenvalue weighted by Crippen LogP contribution is -2.50. The highest BCUT2D eigenvalue weighted by atomic mass is 19.1. The van der Waals surface area contributed by atoms with Crippen LogP contribution in [0.4, 0.5) is 10.1 Å². The number of hydrogen-bond acceptors (Lipinski definition) is 6. The molecule has 0 unspecified atom stereocenters. The highest BCUT2D eigenvalue weighted by molar-refractivity contribution is 5.94. The zero-order valence-electron chi connectivity index (χ0n) is 18.8. The van der Waals surface area contributed by atoms with Crippen molar-refractivity contribution in [3.63, 3.8) is 0 Å². The van der Waals surface area contributed by atoms with Crippen LogP contribution in [0.15, 0.2) is 60.9 Å². The van der Waals surface area contributed by atoms with Gasteiger partial charge in [-0.3, -0.25) is 14.4 Å². The molecule has 8 nitrogen and oxygen atoms in total. The summed E-state index contributed by atoms with van der Waals surface area (Å²) >= 11 is 0. The number of aromatic nitrogens is 2. The molecule has 3 aromatic rings. The van der Waals surface area contributed by atoms with Gasteiger partial charge in [0.2, 0.25) is 0 Å². The van der Waals surface area contributed by atoms with Gasteiger partial charge in [-0.05, 0) is 37.3 Å². The van der Waals surface area contributed by atoms with Crippen LogP contribution in [0.3, 0.4) is 0 Å². The normalized spacial score (nSPS) is 13.6. The number of carbonyl (C=O) groups is 3. The highest BCUT2D eigenvalue weighted by Gasteiger charge is 2.24. The first-order valence-electron chi connectivity index (χ1n) is 11.0. The van der Waals surface area contributed by atoms with E-state index < -0.39 is 11.8 Å². The van der Waals surface area contributed by atoms with Gasteiger partial charge in [0.15, 0.2) is 12.4 Å². The molecule has 1 fully saturated rings. The van der Waals surface area contributed by atoms with Gasteiger partial charge in [-0.2, -0.15) is 5.10 Å². The molecule has 0 radical (unpaired) electrons. The molecule has 34 heavy (non-hydrogen) atoms. The fourth-order valence-electron chi connectivity index (χ4n) is 3.80. The van der Waals surface area contributed by atoms with Gasteiger partial charge in [0.25, 0.3) is 5.91 Å². The molecule has 1 amide bonds. The van der Waals surface area contributed by atoms with Gasteiger partial charge in [0.1, 0.15) is 5.82 Å². The molecule has 0 bridgehead atoms. The minimum Gasteiger partial charge on any atom is -0.455 e. The summed E-state index contributed by atoms with van der Waals surface area (Å²) in [5, 5.41) is 4.25. The van der Waals surface area contributed by atoms with E-state index in [1.807, 2.05) is 35.2 Å². The molecule has 176 valence electrons. The van der Waals surface area contributed by atoms with E-state index in [4.69, 9.17) is 4.74 Å². The van der Waals surface area contributed by atoms with E-state index in [9.17, 15) is 18.8 Å². The Kier molecular flexibility index (Phi) is 7.01. The number of para-hydroxylation sites is 1. The Morgan fingerprint density at radius 1 is 1.03 bits per heavy atom. The van der Waals surface area contributed by atoms with E-state index in [1.165, 1.54) is 13.0 Å². The first kappa shape index (κ1) is 23.2. The third kappa shape index (κ3) is 5.48. The number of amides is 1. The first-order valence-corrected chi connectivity index (χ1v) is 11.0. The lowest BCUT2D eigenvalue weighted by Gasteiger charge is -2.36. The van der Waals surface area contributed by atoms with Crippen molar-refractivity contribution in [2.24, 2.45) is 0 Å². The van der Waals surface area contributed by atoms with E-state index in [1.54, 1.807) is 34.1 Å². The summed E-state index contributed by atoms with van der Waals surface area (Å²) in [6.45, 7) is 2.70. The van der Waals surface area contributed by atoms with Crippen LogP contribution in [0.2, 0.25) is 0 Å². The average molecular weight is 464 g/mol. The van der Waals surface area contributed by atoms with Gasteiger partial charge in [0, 0.05) is 43.5 Å². The number of nitrogens with zero attached hydrogens (tertiary/aromatic N) is 4. The number of ether oxygens (including phenoxy) is 1. The number of Topliss-reactive ketones (excluding diaryl/α,β-unsaturated/α-hetero) is 1. The Hall–Kier alpha value is -4.01. The molecule has 0 N–H and O–H groups in total. The van der Waals surface area contributed by atoms with E-state index in [0.29, 0.717) is 43.0 Å². The van der Waals surface area contributed by atoms with E-state index in [-0.39, 0.29) is 24.7 Å². The number of halogens is 1. The van der Waals surface area contributed by atoms with Crippen LogP contribution in [-0.2, 0) is 20.7 Å². The second kappa shape index (κ2) is 10.3. The predicted molar refractivity (Wildman–Crippen MR) is 123 cm³/mol. The average Bonchev–Trinajstić information content (AvgIpc) is 3.31. The van der Waals surface area contributed by atoms with Crippen LogP contribution >= 0.6 is 0 Å². The fourth-order valence-corrected chi connectivity index (χ4v) is 3.80. The third-order valence-corrected chi connectivity index (χ3v) is 5.69. The maximum absolute atomic E-state index is 14.4. The minimum atomic E-state index is -0.507. The van der Waals surface area contributed by atoms with Crippen molar-refractivity contribution >= 4 is 23.3 Å². The molecule has 4 rings (SSSR count). The SMILES string of the molecule is CC(=O)c1ccc(N2CCN(C(=O)COC(=O)Cc3cnn(-c4ccccc4)c3)CC2)c(F)c1. The Labute approximate surface area is 196 Å². The minimum absolute atomic E-state index is 0.0173. The zero-order valence-corrected chi connectivity index (χ0v) is 18.8. The number of anilines is 1. The van der Waals surface area contributed by atoms with Gasteiger partial charge in [-0.15, -0.1) is 0 Å². The number of carbonyl (C=O) groups excluding carboxylic acids is 3. The molecule has 0 aliphatic carbocycles. The number of benzene rings is 2. The summed E-state index contributed by atoms with van der Waals surface area (Å²) in [6, 6.07) is 13.9. The van der Waals surface area contributed by atoms with Gasteiger partial charge < -0.3 is 14.5 Å². The molecule has 1 aromatic heterocycles.